The molecule has 0 aliphatic heterocycles. The first kappa shape index (κ1) is 15.7. The van der Waals surface area contributed by atoms with Gasteiger partial charge >= 0.3 is 0 Å². The fourth-order valence-corrected chi connectivity index (χ4v) is 2.28. The number of methoxy groups -OCH3 is 1. The van der Waals surface area contributed by atoms with E-state index < -0.39 is 6.10 Å². The molecule has 0 aliphatic carbocycles. The van der Waals surface area contributed by atoms with Crippen molar-refractivity contribution in [1.82, 2.24) is 5.32 Å². The molecular formula is C13H19Cl2NO2. The number of hydrogen-bond acceptors (Lipinski definition) is 3. The van der Waals surface area contributed by atoms with Crippen LogP contribution in [0, 0.1) is 0 Å². The number of ether oxygens (including phenoxy) is 1. The summed E-state index contributed by atoms with van der Waals surface area (Å²) in [5.41, 5.74) is 1.00. The van der Waals surface area contributed by atoms with Gasteiger partial charge in [-0.05, 0) is 37.6 Å². The molecule has 2 unspecified atom stereocenters. The largest absolute Gasteiger partial charge is 0.391 e. The highest BCUT2D eigenvalue weighted by molar-refractivity contribution is 6.35. The summed E-state index contributed by atoms with van der Waals surface area (Å²) in [6, 6.07) is 5.58. The van der Waals surface area contributed by atoms with Gasteiger partial charge in [0.1, 0.15) is 0 Å². The minimum Gasteiger partial charge on any atom is -0.391 e. The van der Waals surface area contributed by atoms with Gasteiger partial charge in [-0.3, -0.25) is 0 Å². The maximum Gasteiger partial charge on any atom is 0.0785 e. The maximum atomic E-state index is 9.52. The number of benzene rings is 1. The molecule has 102 valence electrons. The van der Waals surface area contributed by atoms with Gasteiger partial charge in [0.25, 0.3) is 0 Å². The molecule has 0 saturated carbocycles. The molecule has 3 nitrogen and oxygen atoms in total. The van der Waals surface area contributed by atoms with Crippen LogP contribution in [-0.4, -0.2) is 31.5 Å². The van der Waals surface area contributed by atoms with Gasteiger partial charge in [-0.1, -0.05) is 29.3 Å². The molecule has 18 heavy (non-hydrogen) atoms. The minimum absolute atomic E-state index is 0.115. The molecule has 0 radical (unpaired) electrons. The number of rotatable bonds is 7. The van der Waals surface area contributed by atoms with Crippen molar-refractivity contribution in [2.75, 3.05) is 20.3 Å². The molecule has 1 aromatic rings. The highest BCUT2D eigenvalue weighted by Crippen LogP contribution is 2.25. The molecular weight excluding hydrogens is 273 g/mol. The van der Waals surface area contributed by atoms with Crippen LogP contribution >= 0.6 is 23.2 Å². The molecule has 0 bridgehead atoms. The second-order valence-electron chi connectivity index (χ2n) is 4.24. The highest BCUT2D eigenvalue weighted by atomic mass is 35.5. The van der Waals surface area contributed by atoms with Crippen LogP contribution in [-0.2, 0) is 4.74 Å². The highest BCUT2D eigenvalue weighted by Gasteiger charge is 2.10. The van der Waals surface area contributed by atoms with E-state index in [-0.39, 0.29) is 6.04 Å². The Morgan fingerprint density at radius 3 is 2.72 bits per heavy atom. The Morgan fingerprint density at radius 1 is 1.39 bits per heavy atom. The molecule has 0 saturated heterocycles. The number of aliphatic hydroxyl groups excluding tert-OH is 1. The van der Waals surface area contributed by atoms with E-state index in [0.717, 1.165) is 5.56 Å². The summed E-state index contributed by atoms with van der Waals surface area (Å²) in [5, 5.41) is 14.1. The zero-order chi connectivity index (χ0) is 13.5. The molecule has 5 heteroatoms. The van der Waals surface area contributed by atoms with E-state index in [1.165, 1.54) is 0 Å². The van der Waals surface area contributed by atoms with E-state index in [0.29, 0.717) is 29.6 Å². The molecule has 1 aromatic carbocycles. The predicted octanol–water partition coefficient (Wildman–Crippen LogP) is 3.04. The summed E-state index contributed by atoms with van der Waals surface area (Å²) in [7, 11) is 1.58. The molecule has 0 aliphatic rings. The van der Waals surface area contributed by atoms with Crippen molar-refractivity contribution in [3.63, 3.8) is 0 Å². The van der Waals surface area contributed by atoms with Gasteiger partial charge in [0.2, 0.25) is 0 Å². The van der Waals surface area contributed by atoms with E-state index >= 15 is 0 Å². The Balaban J connectivity index is 2.43. The summed E-state index contributed by atoms with van der Waals surface area (Å²) in [5.74, 6) is 0. The lowest BCUT2D eigenvalue weighted by Gasteiger charge is -2.17. The molecule has 1 rings (SSSR count). The predicted molar refractivity (Wildman–Crippen MR) is 75.4 cm³/mol. The Bertz CT molecular complexity index is 374. The van der Waals surface area contributed by atoms with E-state index in [2.05, 4.69) is 5.32 Å². The third-order valence-electron chi connectivity index (χ3n) is 2.72. The van der Waals surface area contributed by atoms with Crippen LogP contribution in [0.1, 0.15) is 24.9 Å². The molecule has 2 atom stereocenters. The van der Waals surface area contributed by atoms with Crippen molar-refractivity contribution < 1.29 is 9.84 Å². The van der Waals surface area contributed by atoms with Gasteiger partial charge in [0.05, 0.1) is 12.7 Å². The van der Waals surface area contributed by atoms with Crippen molar-refractivity contribution in [3.8, 4) is 0 Å². The zero-order valence-electron chi connectivity index (χ0n) is 10.6. The van der Waals surface area contributed by atoms with Crippen LogP contribution < -0.4 is 5.32 Å². The lowest BCUT2D eigenvalue weighted by atomic mass is 10.1. The molecule has 0 amide bonds. The second kappa shape index (κ2) is 7.97. The maximum absolute atomic E-state index is 9.52. The summed E-state index contributed by atoms with van der Waals surface area (Å²) in [4.78, 5) is 0. The van der Waals surface area contributed by atoms with Gasteiger partial charge in [0.15, 0.2) is 0 Å². The topological polar surface area (TPSA) is 41.5 Å². The molecule has 0 heterocycles. The minimum atomic E-state index is -0.435. The summed E-state index contributed by atoms with van der Waals surface area (Å²) in [6.45, 7) is 3.08. The van der Waals surface area contributed by atoms with E-state index in [9.17, 15) is 5.11 Å². The first-order valence-electron chi connectivity index (χ1n) is 5.90. The van der Waals surface area contributed by atoms with Crippen LogP contribution in [0.15, 0.2) is 18.2 Å². The first-order valence-corrected chi connectivity index (χ1v) is 6.65. The first-order chi connectivity index (χ1) is 8.54. The quantitative estimate of drug-likeness (QED) is 0.811. The van der Waals surface area contributed by atoms with Crippen molar-refractivity contribution in [2.45, 2.75) is 25.5 Å². The van der Waals surface area contributed by atoms with Gasteiger partial charge in [0, 0.05) is 23.2 Å². The van der Waals surface area contributed by atoms with Crippen LogP contribution in [0.25, 0.3) is 0 Å². The third kappa shape index (κ3) is 5.12. The van der Waals surface area contributed by atoms with E-state index in [1.807, 2.05) is 19.1 Å². The Morgan fingerprint density at radius 2 is 2.11 bits per heavy atom. The normalized spacial score (nSPS) is 14.5. The zero-order valence-corrected chi connectivity index (χ0v) is 12.1. The van der Waals surface area contributed by atoms with Crippen LogP contribution in [0.5, 0.6) is 0 Å². The SMILES string of the molecule is COCC(O)CCNC(C)c1ccc(Cl)cc1Cl. The van der Waals surface area contributed by atoms with E-state index in [4.69, 9.17) is 27.9 Å². The second-order valence-corrected chi connectivity index (χ2v) is 5.08. The van der Waals surface area contributed by atoms with Crippen molar-refractivity contribution in [2.24, 2.45) is 0 Å². The molecule has 0 fully saturated rings. The fourth-order valence-electron chi connectivity index (χ4n) is 1.70. The number of nitrogens with one attached hydrogen (secondary N) is 1. The Kier molecular flexibility index (Phi) is 6.97. The average Bonchev–Trinajstić information content (AvgIpc) is 2.29. The number of aliphatic hydroxyl groups is 1. The lowest BCUT2D eigenvalue weighted by Crippen LogP contribution is -2.25. The third-order valence-corrected chi connectivity index (χ3v) is 3.28. The summed E-state index contributed by atoms with van der Waals surface area (Å²) in [6.07, 6.45) is 0.207. The summed E-state index contributed by atoms with van der Waals surface area (Å²) < 4.78 is 4.86. The van der Waals surface area contributed by atoms with E-state index in [1.54, 1.807) is 13.2 Å². The Labute approximate surface area is 118 Å². The van der Waals surface area contributed by atoms with Gasteiger partial charge in [-0.25, -0.2) is 0 Å². The van der Waals surface area contributed by atoms with Crippen LogP contribution in [0.2, 0.25) is 10.0 Å². The molecule has 2 N–H and O–H groups in total. The van der Waals surface area contributed by atoms with Gasteiger partial charge in [-0.2, -0.15) is 0 Å². The fraction of sp³-hybridized carbons (Fsp3) is 0.538. The monoisotopic (exact) mass is 291 g/mol. The summed E-state index contributed by atoms with van der Waals surface area (Å²) >= 11 is 12.0. The average molecular weight is 292 g/mol. The number of hydrogen-bond donors (Lipinski definition) is 2. The lowest BCUT2D eigenvalue weighted by molar-refractivity contribution is 0.0590. The van der Waals surface area contributed by atoms with Crippen molar-refractivity contribution >= 4 is 23.2 Å². The van der Waals surface area contributed by atoms with Crippen molar-refractivity contribution in [1.29, 1.82) is 0 Å². The molecule has 0 aromatic heterocycles. The number of halogens is 2. The van der Waals surface area contributed by atoms with Gasteiger partial charge < -0.3 is 15.2 Å². The Hall–Kier alpha value is -0.320. The van der Waals surface area contributed by atoms with Crippen LogP contribution in [0.4, 0.5) is 0 Å². The van der Waals surface area contributed by atoms with Crippen LogP contribution in [0.3, 0.4) is 0 Å². The smallest absolute Gasteiger partial charge is 0.0785 e. The van der Waals surface area contributed by atoms with Crippen molar-refractivity contribution in [3.05, 3.63) is 33.8 Å². The standard InChI is InChI=1S/C13H19Cl2NO2/c1-9(16-6-5-11(17)8-18-2)12-4-3-10(14)7-13(12)15/h3-4,7,9,11,16-17H,5-6,8H2,1-2H3. The molecule has 0 spiro atoms. The van der Waals surface area contributed by atoms with Gasteiger partial charge in [-0.15, -0.1) is 0 Å².